The second-order valence-corrected chi connectivity index (χ2v) is 5.74. The summed E-state index contributed by atoms with van der Waals surface area (Å²) >= 11 is 0. The van der Waals surface area contributed by atoms with Crippen LogP contribution in [0, 0.1) is 18.3 Å². The first-order chi connectivity index (χ1) is 10.2. The van der Waals surface area contributed by atoms with Crippen molar-refractivity contribution in [2.45, 2.75) is 25.2 Å². The molecule has 1 saturated heterocycles. The molecule has 0 unspecified atom stereocenters. The van der Waals surface area contributed by atoms with Crippen LogP contribution in [0.5, 0.6) is 0 Å². The number of aryl methyl sites for hydroxylation is 1. The molecule has 0 aliphatic carbocycles. The molecule has 1 aliphatic rings. The molecule has 1 aromatic heterocycles. The Morgan fingerprint density at radius 3 is 2.48 bits per heavy atom. The van der Waals surface area contributed by atoms with Gasteiger partial charge in [0.25, 0.3) is 0 Å². The highest BCUT2D eigenvalue weighted by atomic mass is 15.2. The van der Waals surface area contributed by atoms with Gasteiger partial charge >= 0.3 is 0 Å². The average molecular weight is 277 g/mol. The Hall–Kier alpha value is -2.34. The maximum atomic E-state index is 9.71. The number of rotatable bonds is 2. The van der Waals surface area contributed by atoms with Crippen LogP contribution < -0.4 is 4.90 Å². The highest BCUT2D eigenvalue weighted by Gasteiger charge is 2.36. The molecule has 0 atom stereocenters. The van der Waals surface area contributed by atoms with Gasteiger partial charge in [-0.15, -0.1) is 0 Å². The van der Waals surface area contributed by atoms with E-state index in [1.165, 1.54) is 5.56 Å². The molecule has 3 heteroatoms. The number of hydrogen-bond acceptors (Lipinski definition) is 3. The number of piperidine rings is 1. The summed E-state index contributed by atoms with van der Waals surface area (Å²) in [6.45, 7) is 3.83. The van der Waals surface area contributed by atoms with Crippen LogP contribution >= 0.6 is 0 Å². The Morgan fingerprint density at radius 2 is 1.86 bits per heavy atom. The molecule has 0 radical (unpaired) electrons. The van der Waals surface area contributed by atoms with Crippen LogP contribution in [0.2, 0.25) is 0 Å². The van der Waals surface area contributed by atoms with Crippen molar-refractivity contribution in [2.24, 2.45) is 0 Å². The molecule has 0 spiro atoms. The lowest BCUT2D eigenvalue weighted by molar-refractivity contribution is 0.414. The van der Waals surface area contributed by atoms with E-state index in [2.05, 4.69) is 41.1 Å². The van der Waals surface area contributed by atoms with Gasteiger partial charge in [0.15, 0.2) is 0 Å². The van der Waals surface area contributed by atoms with Crippen LogP contribution in [0.4, 0.5) is 5.82 Å². The van der Waals surface area contributed by atoms with Crippen LogP contribution in [0.3, 0.4) is 0 Å². The van der Waals surface area contributed by atoms with Gasteiger partial charge in [-0.3, -0.25) is 0 Å². The maximum absolute atomic E-state index is 9.71. The molecule has 0 amide bonds. The van der Waals surface area contributed by atoms with Gasteiger partial charge in [-0.1, -0.05) is 30.3 Å². The minimum atomic E-state index is -0.346. The largest absolute Gasteiger partial charge is 0.356 e. The molecule has 1 aromatic carbocycles. The van der Waals surface area contributed by atoms with Crippen molar-refractivity contribution in [3.8, 4) is 6.07 Å². The maximum Gasteiger partial charge on any atom is 0.128 e. The highest BCUT2D eigenvalue weighted by Crippen LogP contribution is 2.35. The zero-order valence-electron chi connectivity index (χ0n) is 12.3. The monoisotopic (exact) mass is 277 g/mol. The molecule has 3 nitrogen and oxygen atoms in total. The van der Waals surface area contributed by atoms with E-state index in [0.717, 1.165) is 37.3 Å². The standard InChI is InChI=1S/C18H19N3/c1-15-7-10-20-17(13-15)21-11-8-18(14-19,9-12-21)16-5-3-2-4-6-16/h2-7,10,13H,8-9,11-12H2,1H3. The molecule has 21 heavy (non-hydrogen) atoms. The second kappa shape index (κ2) is 5.57. The number of benzene rings is 1. The summed E-state index contributed by atoms with van der Waals surface area (Å²) < 4.78 is 0. The van der Waals surface area contributed by atoms with Crippen LogP contribution in [0.1, 0.15) is 24.0 Å². The third kappa shape index (κ3) is 2.62. The van der Waals surface area contributed by atoms with Gasteiger partial charge in [0.1, 0.15) is 5.82 Å². The SMILES string of the molecule is Cc1ccnc(N2CCC(C#N)(c3ccccc3)CC2)c1. The van der Waals surface area contributed by atoms with E-state index >= 15 is 0 Å². The Kier molecular flexibility index (Phi) is 3.62. The van der Waals surface area contributed by atoms with Gasteiger partial charge < -0.3 is 4.90 Å². The summed E-state index contributed by atoms with van der Waals surface area (Å²) in [6, 6.07) is 16.9. The highest BCUT2D eigenvalue weighted by molar-refractivity contribution is 5.43. The second-order valence-electron chi connectivity index (χ2n) is 5.74. The fraction of sp³-hybridized carbons (Fsp3) is 0.333. The van der Waals surface area contributed by atoms with E-state index in [1.54, 1.807) is 0 Å². The van der Waals surface area contributed by atoms with Crippen molar-refractivity contribution in [1.82, 2.24) is 4.98 Å². The van der Waals surface area contributed by atoms with Gasteiger partial charge in [0.05, 0.1) is 11.5 Å². The smallest absolute Gasteiger partial charge is 0.128 e. The first kappa shape index (κ1) is 13.6. The molecule has 3 rings (SSSR count). The molecular formula is C18H19N3. The summed E-state index contributed by atoms with van der Waals surface area (Å²) in [5.41, 5.74) is 2.02. The molecule has 2 heterocycles. The van der Waals surface area contributed by atoms with Gasteiger partial charge in [-0.25, -0.2) is 4.98 Å². The number of nitrogens with zero attached hydrogens (tertiary/aromatic N) is 3. The number of aromatic nitrogens is 1. The van der Waals surface area contributed by atoms with Crippen molar-refractivity contribution >= 4 is 5.82 Å². The summed E-state index contributed by atoms with van der Waals surface area (Å²) in [4.78, 5) is 6.74. The third-order valence-electron chi connectivity index (χ3n) is 4.38. The lowest BCUT2D eigenvalue weighted by Gasteiger charge is -2.38. The number of hydrogen-bond donors (Lipinski definition) is 0. The average Bonchev–Trinajstić information content (AvgIpc) is 2.56. The predicted molar refractivity (Wildman–Crippen MR) is 84.2 cm³/mol. The van der Waals surface area contributed by atoms with Crippen molar-refractivity contribution in [3.05, 3.63) is 59.8 Å². The van der Waals surface area contributed by atoms with E-state index in [-0.39, 0.29) is 5.41 Å². The van der Waals surface area contributed by atoms with Crippen molar-refractivity contribution in [2.75, 3.05) is 18.0 Å². The Balaban J connectivity index is 1.79. The minimum absolute atomic E-state index is 0.346. The minimum Gasteiger partial charge on any atom is -0.356 e. The van der Waals surface area contributed by atoms with Crippen molar-refractivity contribution in [1.29, 1.82) is 5.26 Å². The van der Waals surface area contributed by atoms with E-state index in [4.69, 9.17) is 0 Å². The first-order valence-corrected chi connectivity index (χ1v) is 7.38. The molecule has 1 aliphatic heterocycles. The molecular weight excluding hydrogens is 258 g/mol. The third-order valence-corrected chi connectivity index (χ3v) is 4.38. The van der Waals surface area contributed by atoms with Gasteiger partial charge in [-0.2, -0.15) is 5.26 Å². The lowest BCUT2D eigenvalue weighted by atomic mass is 9.74. The van der Waals surface area contributed by atoms with E-state index in [1.807, 2.05) is 30.5 Å². The van der Waals surface area contributed by atoms with Gasteiger partial charge in [0.2, 0.25) is 0 Å². The first-order valence-electron chi connectivity index (χ1n) is 7.38. The predicted octanol–water partition coefficient (Wildman–Crippen LogP) is 3.45. The topological polar surface area (TPSA) is 39.9 Å². The van der Waals surface area contributed by atoms with Crippen molar-refractivity contribution < 1.29 is 0 Å². The van der Waals surface area contributed by atoms with Gasteiger partial charge in [0, 0.05) is 19.3 Å². The van der Waals surface area contributed by atoms with Crippen LogP contribution in [-0.2, 0) is 5.41 Å². The summed E-state index contributed by atoms with van der Waals surface area (Å²) in [5, 5.41) is 9.71. The van der Waals surface area contributed by atoms with Gasteiger partial charge in [-0.05, 0) is 43.0 Å². The van der Waals surface area contributed by atoms with E-state index in [9.17, 15) is 5.26 Å². The number of anilines is 1. The molecule has 2 aromatic rings. The summed E-state index contributed by atoms with van der Waals surface area (Å²) in [7, 11) is 0. The summed E-state index contributed by atoms with van der Waals surface area (Å²) in [6.07, 6.45) is 3.56. The Bertz CT molecular complexity index is 650. The molecule has 0 bridgehead atoms. The Morgan fingerprint density at radius 1 is 1.14 bits per heavy atom. The Labute approximate surface area is 125 Å². The fourth-order valence-electron chi connectivity index (χ4n) is 3.03. The molecule has 0 N–H and O–H groups in total. The van der Waals surface area contributed by atoms with Crippen LogP contribution in [0.25, 0.3) is 0 Å². The summed E-state index contributed by atoms with van der Waals surface area (Å²) in [5.74, 6) is 1.02. The molecule has 1 fully saturated rings. The number of pyridine rings is 1. The number of nitriles is 1. The zero-order valence-corrected chi connectivity index (χ0v) is 12.3. The quantitative estimate of drug-likeness (QED) is 0.844. The van der Waals surface area contributed by atoms with E-state index < -0.39 is 0 Å². The van der Waals surface area contributed by atoms with E-state index in [0.29, 0.717) is 0 Å². The lowest BCUT2D eigenvalue weighted by Crippen LogP contribution is -2.42. The van der Waals surface area contributed by atoms with Crippen molar-refractivity contribution in [3.63, 3.8) is 0 Å². The normalized spacial score (nSPS) is 17.2. The zero-order chi connectivity index (χ0) is 14.7. The van der Waals surface area contributed by atoms with Crippen LogP contribution in [-0.4, -0.2) is 18.1 Å². The van der Waals surface area contributed by atoms with Crippen LogP contribution in [0.15, 0.2) is 48.7 Å². The molecule has 106 valence electrons. The molecule has 0 saturated carbocycles. The fourth-order valence-corrected chi connectivity index (χ4v) is 3.03.